The lowest BCUT2D eigenvalue weighted by molar-refractivity contribution is -0.116. The van der Waals surface area contributed by atoms with Gasteiger partial charge in [-0.1, -0.05) is 12.1 Å². The van der Waals surface area contributed by atoms with Crippen LogP contribution < -0.4 is 16.0 Å². The Kier molecular flexibility index (Phi) is 5.68. The first-order chi connectivity index (χ1) is 11.0. The number of hydrogen-bond acceptors (Lipinski definition) is 3. The Balaban J connectivity index is 1.78. The summed E-state index contributed by atoms with van der Waals surface area (Å²) in [5.74, 6) is -0.677. The van der Waals surface area contributed by atoms with Crippen LogP contribution in [0, 0.1) is 5.82 Å². The van der Waals surface area contributed by atoms with Crippen LogP contribution in [0.25, 0.3) is 0 Å². The molecule has 0 aliphatic rings. The highest BCUT2D eigenvalue weighted by Gasteiger charge is 2.04. The predicted octanol–water partition coefficient (Wildman–Crippen LogP) is 3.22. The van der Waals surface area contributed by atoms with Crippen LogP contribution in [0.5, 0.6) is 0 Å². The smallest absolute Gasteiger partial charge is 0.226 e. The van der Waals surface area contributed by atoms with Crippen LogP contribution in [0.1, 0.15) is 13.3 Å². The third-order valence-electron chi connectivity index (χ3n) is 3.03. The number of nitrogens with one attached hydrogen (secondary N) is 3. The molecule has 0 aliphatic carbocycles. The lowest BCUT2D eigenvalue weighted by Gasteiger charge is -2.09. The molecular weight excluding hydrogens is 297 g/mol. The first-order valence-electron chi connectivity index (χ1n) is 7.20. The van der Waals surface area contributed by atoms with E-state index in [1.54, 1.807) is 42.5 Å². The van der Waals surface area contributed by atoms with Crippen molar-refractivity contribution in [3.8, 4) is 0 Å². The molecule has 0 spiro atoms. The lowest BCUT2D eigenvalue weighted by atomic mass is 10.2. The van der Waals surface area contributed by atoms with Gasteiger partial charge in [0.25, 0.3) is 0 Å². The van der Waals surface area contributed by atoms with Gasteiger partial charge in [0, 0.05) is 31.3 Å². The number of rotatable bonds is 6. The van der Waals surface area contributed by atoms with E-state index >= 15 is 0 Å². The summed E-state index contributed by atoms with van der Waals surface area (Å²) in [6, 6.07) is 13.1. The quantitative estimate of drug-likeness (QED) is 0.766. The highest BCUT2D eigenvalue weighted by molar-refractivity contribution is 5.92. The van der Waals surface area contributed by atoms with Crippen LogP contribution in [0.2, 0.25) is 0 Å². The number of halogens is 1. The van der Waals surface area contributed by atoms with Gasteiger partial charge in [-0.3, -0.25) is 9.59 Å². The standard InChI is InChI=1S/C17H18FN3O2/c1-12(22)20-13-6-8-14(9-7-13)21-17(23)10-11-19-16-5-3-2-4-15(16)18/h2-9,19H,10-11H2,1H3,(H,20,22)(H,21,23). The summed E-state index contributed by atoms with van der Waals surface area (Å²) < 4.78 is 13.4. The van der Waals surface area contributed by atoms with E-state index in [0.29, 0.717) is 23.6 Å². The van der Waals surface area contributed by atoms with Gasteiger partial charge in [-0.2, -0.15) is 0 Å². The van der Waals surface area contributed by atoms with E-state index in [2.05, 4.69) is 16.0 Å². The van der Waals surface area contributed by atoms with E-state index in [1.807, 2.05) is 0 Å². The van der Waals surface area contributed by atoms with Gasteiger partial charge in [0.1, 0.15) is 5.82 Å². The second kappa shape index (κ2) is 7.93. The van der Waals surface area contributed by atoms with Crippen LogP contribution in [-0.4, -0.2) is 18.4 Å². The number of para-hydroxylation sites is 1. The summed E-state index contributed by atoms with van der Waals surface area (Å²) in [6.07, 6.45) is 0.210. The van der Waals surface area contributed by atoms with Crippen molar-refractivity contribution in [3.05, 3.63) is 54.3 Å². The Labute approximate surface area is 133 Å². The van der Waals surface area contributed by atoms with Crippen molar-refractivity contribution in [2.45, 2.75) is 13.3 Å². The molecule has 0 heterocycles. The molecule has 120 valence electrons. The predicted molar refractivity (Wildman–Crippen MR) is 88.9 cm³/mol. The van der Waals surface area contributed by atoms with Gasteiger partial charge < -0.3 is 16.0 Å². The maximum atomic E-state index is 13.4. The molecule has 0 aromatic heterocycles. The SMILES string of the molecule is CC(=O)Nc1ccc(NC(=O)CCNc2ccccc2F)cc1. The van der Waals surface area contributed by atoms with Crippen LogP contribution >= 0.6 is 0 Å². The zero-order valence-electron chi connectivity index (χ0n) is 12.7. The second-order valence-electron chi connectivity index (χ2n) is 4.96. The molecule has 0 saturated carbocycles. The van der Waals surface area contributed by atoms with Crippen molar-refractivity contribution in [1.82, 2.24) is 0 Å². The monoisotopic (exact) mass is 315 g/mol. The van der Waals surface area contributed by atoms with Crippen LogP contribution in [0.15, 0.2) is 48.5 Å². The Bertz CT molecular complexity index is 686. The second-order valence-corrected chi connectivity index (χ2v) is 4.96. The molecule has 2 aromatic rings. The summed E-state index contributed by atoms with van der Waals surface area (Å²) in [4.78, 5) is 22.8. The summed E-state index contributed by atoms with van der Waals surface area (Å²) in [5.41, 5.74) is 1.67. The fourth-order valence-corrected chi connectivity index (χ4v) is 1.98. The molecule has 23 heavy (non-hydrogen) atoms. The molecule has 5 nitrogen and oxygen atoms in total. The number of benzene rings is 2. The molecule has 3 N–H and O–H groups in total. The van der Waals surface area contributed by atoms with Crippen molar-refractivity contribution < 1.29 is 14.0 Å². The average Bonchev–Trinajstić information content (AvgIpc) is 2.51. The number of amides is 2. The van der Waals surface area contributed by atoms with E-state index in [4.69, 9.17) is 0 Å². The normalized spacial score (nSPS) is 10.0. The van der Waals surface area contributed by atoms with E-state index in [1.165, 1.54) is 13.0 Å². The molecule has 0 atom stereocenters. The fraction of sp³-hybridized carbons (Fsp3) is 0.176. The highest BCUT2D eigenvalue weighted by atomic mass is 19.1. The molecule has 0 fully saturated rings. The third kappa shape index (κ3) is 5.43. The number of hydrogen-bond donors (Lipinski definition) is 3. The summed E-state index contributed by atoms with van der Waals surface area (Å²) in [7, 11) is 0. The topological polar surface area (TPSA) is 70.2 Å². The van der Waals surface area contributed by atoms with Crippen molar-refractivity contribution >= 4 is 28.9 Å². The number of carbonyl (C=O) groups is 2. The van der Waals surface area contributed by atoms with E-state index in [9.17, 15) is 14.0 Å². The first-order valence-corrected chi connectivity index (χ1v) is 7.20. The van der Waals surface area contributed by atoms with Crippen molar-refractivity contribution in [1.29, 1.82) is 0 Å². The lowest BCUT2D eigenvalue weighted by Crippen LogP contribution is -2.16. The number of anilines is 3. The molecule has 2 rings (SSSR count). The zero-order valence-corrected chi connectivity index (χ0v) is 12.7. The van der Waals surface area contributed by atoms with Gasteiger partial charge in [-0.05, 0) is 36.4 Å². The Morgan fingerprint density at radius 1 is 0.957 bits per heavy atom. The van der Waals surface area contributed by atoms with E-state index in [-0.39, 0.29) is 24.1 Å². The van der Waals surface area contributed by atoms with Gasteiger partial charge >= 0.3 is 0 Å². The summed E-state index contributed by atoms with van der Waals surface area (Å²) >= 11 is 0. The summed E-state index contributed by atoms with van der Waals surface area (Å²) in [6.45, 7) is 1.76. The largest absolute Gasteiger partial charge is 0.382 e. The minimum absolute atomic E-state index is 0.152. The molecule has 2 amide bonds. The number of carbonyl (C=O) groups excluding carboxylic acids is 2. The summed E-state index contributed by atoms with van der Waals surface area (Å²) in [5, 5.41) is 8.26. The fourth-order valence-electron chi connectivity index (χ4n) is 1.98. The van der Waals surface area contributed by atoms with Gasteiger partial charge in [0.05, 0.1) is 5.69 Å². The van der Waals surface area contributed by atoms with Gasteiger partial charge in [0.2, 0.25) is 11.8 Å². The van der Waals surface area contributed by atoms with Gasteiger partial charge in [-0.15, -0.1) is 0 Å². The Hall–Kier alpha value is -2.89. The molecular formula is C17H18FN3O2. The molecule has 0 aliphatic heterocycles. The Morgan fingerprint density at radius 2 is 1.57 bits per heavy atom. The molecule has 6 heteroatoms. The minimum atomic E-state index is -0.346. The van der Waals surface area contributed by atoms with Crippen molar-refractivity contribution in [2.75, 3.05) is 22.5 Å². The van der Waals surface area contributed by atoms with Crippen molar-refractivity contribution in [2.24, 2.45) is 0 Å². The minimum Gasteiger partial charge on any atom is -0.382 e. The zero-order chi connectivity index (χ0) is 16.7. The highest BCUT2D eigenvalue weighted by Crippen LogP contribution is 2.14. The van der Waals surface area contributed by atoms with Gasteiger partial charge in [0.15, 0.2) is 0 Å². The Morgan fingerprint density at radius 3 is 2.17 bits per heavy atom. The van der Waals surface area contributed by atoms with E-state index in [0.717, 1.165) is 0 Å². The van der Waals surface area contributed by atoms with Gasteiger partial charge in [-0.25, -0.2) is 4.39 Å². The molecule has 2 aromatic carbocycles. The molecule has 0 bridgehead atoms. The molecule has 0 unspecified atom stereocenters. The third-order valence-corrected chi connectivity index (χ3v) is 3.03. The first kappa shape index (κ1) is 16.5. The van der Waals surface area contributed by atoms with Crippen molar-refractivity contribution in [3.63, 3.8) is 0 Å². The van der Waals surface area contributed by atoms with Crippen LogP contribution in [-0.2, 0) is 9.59 Å². The maximum absolute atomic E-state index is 13.4. The molecule has 0 saturated heterocycles. The maximum Gasteiger partial charge on any atom is 0.226 e. The van der Waals surface area contributed by atoms with E-state index < -0.39 is 0 Å². The average molecular weight is 315 g/mol. The van der Waals surface area contributed by atoms with Crippen LogP contribution in [0.3, 0.4) is 0 Å². The van der Waals surface area contributed by atoms with Crippen LogP contribution in [0.4, 0.5) is 21.5 Å². The molecule has 0 radical (unpaired) electrons.